The molecule has 7 heteroatoms. The van der Waals surface area contributed by atoms with Gasteiger partial charge >= 0.3 is 0 Å². The third-order valence-corrected chi connectivity index (χ3v) is 4.24. The lowest BCUT2D eigenvalue weighted by atomic mass is 9.94. The highest BCUT2D eigenvalue weighted by Crippen LogP contribution is 2.30. The summed E-state index contributed by atoms with van der Waals surface area (Å²) >= 11 is 0. The summed E-state index contributed by atoms with van der Waals surface area (Å²) in [7, 11) is 0. The van der Waals surface area contributed by atoms with E-state index in [9.17, 15) is 15.0 Å². The van der Waals surface area contributed by atoms with Crippen LogP contribution in [0.4, 0.5) is 5.69 Å². The fraction of sp³-hybridized carbons (Fsp3) is 0.353. The molecule has 0 fully saturated rings. The van der Waals surface area contributed by atoms with E-state index < -0.39 is 5.91 Å². The Balaban J connectivity index is 1.74. The first-order chi connectivity index (χ1) is 11.5. The molecule has 0 radical (unpaired) electrons. The molecular weight excluding hydrogens is 308 g/mol. The number of carbonyl (C=O) groups is 1. The van der Waals surface area contributed by atoms with E-state index >= 15 is 0 Å². The number of fused-ring (bicyclic) bond motifs is 1. The molecule has 1 aliphatic heterocycles. The molecular formula is C17H20N4O3. The SMILES string of the molecule is CC=C(CCC(O)(O)n1cncn1)c1ccc2c(c1)CCC(=O)N2. The van der Waals surface area contributed by atoms with Gasteiger partial charge in [0.15, 0.2) is 0 Å². The Labute approximate surface area is 139 Å². The number of amides is 1. The van der Waals surface area contributed by atoms with Crippen molar-refractivity contribution >= 4 is 17.2 Å². The first-order valence-corrected chi connectivity index (χ1v) is 7.88. The van der Waals surface area contributed by atoms with Gasteiger partial charge in [-0.15, -0.1) is 0 Å². The fourth-order valence-electron chi connectivity index (χ4n) is 2.85. The van der Waals surface area contributed by atoms with E-state index in [-0.39, 0.29) is 12.3 Å². The van der Waals surface area contributed by atoms with Gasteiger partial charge in [-0.05, 0) is 48.6 Å². The summed E-state index contributed by atoms with van der Waals surface area (Å²) in [6.07, 6.45) is 6.25. The molecule has 0 aliphatic carbocycles. The summed E-state index contributed by atoms with van der Waals surface area (Å²) in [6, 6.07) is 5.88. The van der Waals surface area contributed by atoms with E-state index in [0.717, 1.165) is 33.5 Å². The van der Waals surface area contributed by atoms with Gasteiger partial charge in [-0.1, -0.05) is 12.1 Å². The molecule has 0 spiro atoms. The second-order valence-electron chi connectivity index (χ2n) is 5.85. The number of aromatic nitrogens is 3. The molecule has 0 saturated carbocycles. The lowest BCUT2D eigenvalue weighted by Crippen LogP contribution is -2.33. The van der Waals surface area contributed by atoms with Crippen molar-refractivity contribution in [3.8, 4) is 0 Å². The highest BCUT2D eigenvalue weighted by atomic mass is 16.5. The molecule has 2 heterocycles. The average Bonchev–Trinajstić information content (AvgIpc) is 3.11. The first kappa shape index (κ1) is 16.4. The van der Waals surface area contributed by atoms with Gasteiger partial charge in [0.1, 0.15) is 12.7 Å². The predicted molar refractivity (Wildman–Crippen MR) is 88.7 cm³/mol. The second-order valence-corrected chi connectivity index (χ2v) is 5.85. The molecule has 126 valence electrons. The normalized spacial score (nSPS) is 15.1. The molecule has 0 atom stereocenters. The Morgan fingerprint density at radius 1 is 1.42 bits per heavy atom. The molecule has 7 nitrogen and oxygen atoms in total. The Kier molecular flexibility index (Phi) is 4.46. The number of carbonyl (C=O) groups excluding carboxylic acids is 1. The number of rotatable bonds is 5. The zero-order valence-corrected chi connectivity index (χ0v) is 13.4. The number of nitrogens with one attached hydrogen (secondary N) is 1. The summed E-state index contributed by atoms with van der Waals surface area (Å²) in [5, 5.41) is 26.9. The standard InChI is InChI=1S/C17H20N4O3/c1-2-12(7-8-17(23,24)21-11-18-10-19-21)13-3-5-15-14(9-13)4-6-16(22)20-15/h2-3,5,9-11,23-24H,4,6-8H2,1H3,(H,20,22). The molecule has 3 N–H and O–H groups in total. The van der Waals surface area contributed by atoms with Crippen molar-refractivity contribution in [3.63, 3.8) is 0 Å². The molecule has 3 rings (SSSR count). The number of hydrogen-bond donors (Lipinski definition) is 3. The van der Waals surface area contributed by atoms with Crippen molar-refractivity contribution in [2.24, 2.45) is 0 Å². The van der Waals surface area contributed by atoms with Crippen molar-refractivity contribution in [1.82, 2.24) is 14.8 Å². The number of benzene rings is 1. The lowest BCUT2D eigenvalue weighted by molar-refractivity contribution is -0.239. The maximum atomic E-state index is 11.4. The number of hydrogen-bond acceptors (Lipinski definition) is 5. The Bertz CT molecular complexity index is 766. The van der Waals surface area contributed by atoms with Crippen molar-refractivity contribution in [3.05, 3.63) is 48.1 Å². The number of aryl methyl sites for hydroxylation is 1. The van der Waals surface area contributed by atoms with Crippen LogP contribution in [0.3, 0.4) is 0 Å². The van der Waals surface area contributed by atoms with Crippen LogP contribution >= 0.6 is 0 Å². The van der Waals surface area contributed by atoms with Crippen LogP contribution in [0.25, 0.3) is 5.57 Å². The van der Waals surface area contributed by atoms with Crippen LogP contribution in [0, 0.1) is 0 Å². The van der Waals surface area contributed by atoms with Gasteiger partial charge in [-0.25, -0.2) is 4.98 Å². The van der Waals surface area contributed by atoms with Gasteiger partial charge in [-0.2, -0.15) is 9.78 Å². The van der Waals surface area contributed by atoms with E-state index in [2.05, 4.69) is 21.5 Å². The molecule has 0 saturated heterocycles. The summed E-state index contributed by atoms with van der Waals surface area (Å²) in [5.74, 6) is -2.04. The molecule has 0 unspecified atom stereocenters. The molecule has 1 aromatic heterocycles. The van der Waals surface area contributed by atoms with Gasteiger partial charge in [-0.3, -0.25) is 4.79 Å². The van der Waals surface area contributed by atoms with E-state index in [1.807, 2.05) is 25.1 Å². The second kappa shape index (κ2) is 6.54. The molecule has 24 heavy (non-hydrogen) atoms. The van der Waals surface area contributed by atoms with Gasteiger partial charge in [0.25, 0.3) is 5.91 Å². The third kappa shape index (κ3) is 3.37. The highest BCUT2D eigenvalue weighted by molar-refractivity contribution is 5.94. The average molecular weight is 328 g/mol. The Morgan fingerprint density at radius 2 is 2.25 bits per heavy atom. The van der Waals surface area contributed by atoms with Crippen LogP contribution in [-0.4, -0.2) is 30.9 Å². The van der Waals surface area contributed by atoms with Gasteiger partial charge in [0, 0.05) is 18.5 Å². The molecule has 1 amide bonds. The van der Waals surface area contributed by atoms with Crippen molar-refractivity contribution in [2.45, 2.75) is 38.5 Å². The van der Waals surface area contributed by atoms with Crippen LogP contribution in [0.2, 0.25) is 0 Å². The Morgan fingerprint density at radius 3 is 2.96 bits per heavy atom. The van der Waals surface area contributed by atoms with E-state index in [4.69, 9.17) is 0 Å². The molecule has 1 aromatic carbocycles. The maximum Gasteiger partial charge on any atom is 0.267 e. The zero-order valence-electron chi connectivity index (χ0n) is 13.4. The van der Waals surface area contributed by atoms with Gasteiger partial charge in [0.2, 0.25) is 5.91 Å². The van der Waals surface area contributed by atoms with Crippen LogP contribution in [0.1, 0.15) is 37.3 Å². The van der Waals surface area contributed by atoms with E-state index in [0.29, 0.717) is 12.8 Å². The van der Waals surface area contributed by atoms with Crippen molar-refractivity contribution < 1.29 is 15.0 Å². The first-order valence-electron chi connectivity index (χ1n) is 7.88. The molecule has 0 bridgehead atoms. The number of anilines is 1. The van der Waals surface area contributed by atoms with Crippen LogP contribution < -0.4 is 5.32 Å². The minimum Gasteiger partial charge on any atom is -0.347 e. The van der Waals surface area contributed by atoms with E-state index in [1.165, 1.54) is 12.7 Å². The molecule has 2 aromatic rings. The van der Waals surface area contributed by atoms with E-state index in [1.54, 1.807) is 0 Å². The summed E-state index contributed by atoms with van der Waals surface area (Å²) in [6.45, 7) is 1.92. The van der Waals surface area contributed by atoms with Crippen molar-refractivity contribution in [1.29, 1.82) is 0 Å². The molecule has 1 aliphatic rings. The largest absolute Gasteiger partial charge is 0.347 e. The Hall–Kier alpha value is -2.51. The van der Waals surface area contributed by atoms with Crippen LogP contribution in [0.15, 0.2) is 36.9 Å². The topological polar surface area (TPSA) is 100 Å². The predicted octanol–water partition coefficient (Wildman–Crippen LogP) is 1.64. The zero-order chi connectivity index (χ0) is 17.2. The summed E-state index contributed by atoms with van der Waals surface area (Å²) in [4.78, 5) is 15.2. The monoisotopic (exact) mass is 328 g/mol. The smallest absolute Gasteiger partial charge is 0.267 e. The number of nitrogens with zero attached hydrogens (tertiary/aromatic N) is 3. The quantitative estimate of drug-likeness (QED) is 0.725. The minimum atomic E-state index is -2.08. The summed E-state index contributed by atoms with van der Waals surface area (Å²) in [5.41, 5.74) is 3.97. The number of allylic oxidation sites excluding steroid dienone is 2. The third-order valence-electron chi connectivity index (χ3n) is 4.24. The van der Waals surface area contributed by atoms with Crippen LogP contribution in [0.5, 0.6) is 0 Å². The summed E-state index contributed by atoms with van der Waals surface area (Å²) < 4.78 is 1.03. The van der Waals surface area contributed by atoms with Gasteiger partial charge in [0.05, 0.1) is 0 Å². The fourth-order valence-corrected chi connectivity index (χ4v) is 2.85. The number of aliphatic hydroxyl groups is 2. The minimum absolute atomic E-state index is 0.0414. The van der Waals surface area contributed by atoms with Gasteiger partial charge < -0.3 is 15.5 Å². The van der Waals surface area contributed by atoms with Crippen LogP contribution in [-0.2, 0) is 17.1 Å². The maximum absolute atomic E-state index is 11.4. The van der Waals surface area contributed by atoms with Crippen molar-refractivity contribution in [2.75, 3.05) is 5.32 Å². The lowest BCUT2D eigenvalue weighted by Gasteiger charge is -2.22. The highest BCUT2D eigenvalue weighted by Gasteiger charge is 2.26.